The number of aliphatic imine (C=N–C) groups is 1. The molecule has 0 radical (unpaired) electrons. The van der Waals surface area contributed by atoms with Gasteiger partial charge in [0.25, 0.3) is 0 Å². The molecule has 0 saturated carbocycles. The minimum Gasteiger partial charge on any atom is -0.497 e. The van der Waals surface area contributed by atoms with Crippen LogP contribution in [0.3, 0.4) is 0 Å². The summed E-state index contributed by atoms with van der Waals surface area (Å²) in [6.07, 6.45) is 2.41. The quantitative estimate of drug-likeness (QED) is 0.292. The Kier molecular flexibility index (Phi) is 12.0. The number of methoxy groups -OCH3 is 1. The van der Waals surface area contributed by atoms with Gasteiger partial charge in [-0.05, 0) is 43.4 Å². The fourth-order valence-corrected chi connectivity index (χ4v) is 1.96. The van der Waals surface area contributed by atoms with Gasteiger partial charge in [-0.1, -0.05) is 26.0 Å². The zero-order valence-corrected chi connectivity index (χ0v) is 16.5. The highest BCUT2D eigenvalue weighted by Crippen LogP contribution is 2.11. The summed E-state index contributed by atoms with van der Waals surface area (Å²) in [5.74, 6) is 2.52. The summed E-state index contributed by atoms with van der Waals surface area (Å²) >= 11 is 0. The molecule has 0 unspecified atom stereocenters. The van der Waals surface area contributed by atoms with E-state index >= 15 is 0 Å². The Labute approximate surface area is 152 Å². The first-order valence-corrected chi connectivity index (χ1v) is 7.80. The molecule has 4 nitrogen and oxygen atoms in total. The molecule has 0 amide bonds. The van der Waals surface area contributed by atoms with Crippen LogP contribution in [0.5, 0.6) is 5.75 Å². The predicted octanol–water partition coefficient (Wildman–Crippen LogP) is 3.80. The highest BCUT2D eigenvalue weighted by Gasteiger charge is 1.99. The molecular formula is C17H30IN3O. The monoisotopic (exact) mass is 419 g/mol. The van der Waals surface area contributed by atoms with Crippen LogP contribution in [0.1, 0.15) is 39.2 Å². The van der Waals surface area contributed by atoms with Gasteiger partial charge in [0.15, 0.2) is 5.96 Å². The highest BCUT2D eigenvalue weighted by atomic mass is 127. The molecule has 0 bridgehead atoms. The fraction of sp³-hybridized carbons (Fsp3) is 0.588. The summed E-state index contributed by atoms with van der Waals surface area (Å²) in [6.45, 7) is 9.10. The molecule has 126 valence electrons. The van der Waals surface area contributed by atoms with Crippen molar-refractivity contribution in [3.8, 4) is 5.75 Å². The van der Waals surface area contributed by atoms with Crippen LogP contribution in [-0.2, 0) is 6.54 Å². The molecule has 0 spiro atoms. The van der Waals surface area contributed by atoms with Crippen molar-refractivity contribution < 1.29 is 4.74 Å². The summed E-state index contributed by atoms with van der Waals surface area (Å²) in [6, 6.07) is 8.02. The second-order valence-corrected chi connectivity index (χ2v) is 5.51. The van der Waals surface area contributed by atoms with Gasteiger partial charge in [-0.3, -0.25) is 0 Å². The van der Waals surface area contributed by atoms with Gasteiger partial charge in [0, 0.05) is 13.1 Å². The average molecular weight is 419 g/mol. The van der Waals surface area contributed by atoms with E-state index in [1.54, 1.807) is 7.11 Å². The molecule has 2 N–H and O–H groups in total. The third-order valence-corrected chi connectivity index (χ3v) is 3.17. The van der Waals surface area contributed by atoms with Gasteiger partial charge in [0.2, 0.25) is 0 Å². The van der Waals surface area contributed by atoms with E-state index in [2.05, 4.69) is 36.4 Å². The van der Waals surface area contributed by atoms with Crippen molar-refractivity contribution in [2.24, 2.45) is 10.9 Å². The summed E-state index contributed by atoms with van der Waals surface area (Å²) < 4.78 is 5.16. The predicted molar refractivity (Wildman–Crippen MR) is 105 cm³/mol. The molecule has 0 aliphatic rings. The van der Waals surface area contributed by atoms with E-state index in [4.69, 9.17) is 4.74 Å². The Hall–Kier alpha value is -0.980. The first-order chi connectivity index (χ1) is 10.2. The molecule has 0 atom stereocenters. The van der Waals surface area contributed by atoms with Crippen molar-refractivity contribution >= 4 is 29.9 Å². The minimum absolute atomic E-state index is 0. The maximum Gasteiger partial charge on any atom is 0.191 e. The molecule has 0 aliphatic carbocycles. The number of nitrogens with zero attached hydrogens (tertiary/aromatic N) is 1. The first kappa shape index (κ1) is 21.0. The number of halogens is 1. The number of hydrogen-bond acceptors (Lipinski definition) is 2. The van der Waals surface area contributed by atoms with E-state index in [1.165, 1.54) is 18.4 Å². The Bertz CT molecular complexity index is 418. The molecule has 22 heavy (non-hydrogen) atoms. The third kappa shape index (κ3) is 9.12. The Morgan fingerprint density at radius 2 is 1.86 bits per heavy atom. The van der Waals surface area contributed by atoms with Crippen molar-refractivity contribution in [2.45, 2.75) is 40.2 Å². The van der Waals surface area contributed by atoms with Crippen molar-refractivity contribution in [1.29, 1.82) is 0 Å². The van der Waals surface area contributed by atoms with Gasteiger partial charge in [-0.2, -0.15) is 0 Å². The smallest absolute Gasteiger partial charge is 0.191 e. The molecule has 0 aromatic heterocycles. The number of guanidine groups is 1. The topological polar surface area (TPSA) is 45.7 Å². The average Bonchev–Trinajstić information content (AvgIpc) is 2.49. The van der Waals surface area contributed by atoms with Gasteiger partial charge in [0.05, 0.1) is 13.7 Å². The van der Waals surface area contributed by atoms with Crippen LogP contribution in [0.15, 0.2) is 29.3 Å². The molecule has 1 aromatic rings. The van der Waals surface area contributed by atoms with Crippen molar-refractivity contribution in [3.05, 3.63) is 29.8 Å². The van der Waals surface area contributed by atoms with Crippen LogP contribution in [0.2, 0.25) is 0 Å². The van der Waals surface area contributed by atoms with E-state index in [0.29, 0.717) is 6.54 Å². The van der Waals surface area contributed by atoms with Gasteiger partial charge >= 0.3 is 0 Å². The van der Waals surface area contributed by atoms with E-state index in [1.807, 2.05) is 24.3 Å². The van der Waals surface area contributed by atoms with Crippen LogP contribution in [0.25, 0.3) is 0 Å². The van der Waals surface area contributed by atoms with E-state index in [0.717, 1.165) is 30.7 Å². The zero-order valence-electron chi connectivity index (χ0n) is 14.2. The summed E-state index contributed by atoms with van der Waals surface area (Å²) in [7, 11) is 1.68. The van der Waals surface area contributed by atoms with Crippen LogP contribution in [0, 0.1) is 5.92 Å². The lowest BCUT2D eigenvalue weighted by atomic mass is 10.1. The standard InChI is InChI=1S/C17H29N3O.HI/c1-5-18-17(19-12-6-7-14(2)3)20-13-15-8-10-16(21-4)11-9-15;/h8-11,14H,5-7,12-13H2,1-4H3,(H2,18,19,20);1H. The first-order valence-electron chi connectivity index (χ1n) is 7.80. The maximum absolute atomic E-state index is 5.16. The molecule has 1 aromatic carbocycles. The van der Waals surface area contributed by atoms with Crippen molar-refractivity contribution in [3.63, 3.8) is 0 Å². The fourth-order valence-electron chi connectivity index (χ4n) is 1.96. The molecule has 5 heteroatoms. The summed E-state index contributed by atoms with van der Waals surface area (Å²) in [5, 5.41) is 6.66. The summed E-state index contributed by atoms with van der Waals surface area (Å²) in [4.78, 5) is 4.61. The second kappa shape index (κ2) is 12.6. The number of benzene rings is 1. The Balaban J connectivity index is 0.00000441. The van der Waals surface area contributed by atoms with Crippen LogP contribution >= 0.6 is 24.0 Å². The van der Waals surface area contributed by atoms with E-state index in [9.17, 15) is 0 Å². The van der Waals surface area contributed by atoms with Crippen molar-refractivity contribution in [2.75, 3.05) is 20.2 Å². The number of hydrogen-bond donors (Lipinski definition) is 2. The van der Waals surface area contributed by atoms with Crippen LogP contribution < -0.4 is 15.4 Å². The molecular weight excluding hydrogens is 389 g/mol. The van der Waals surface area contributed by atoms with Crippen molar-refractivity contribution in [1.82, 2.24) is 10.6 Å². The largest absolute Gasteiger partial charge is 0.497 e. The molecule has 0 fully saturated rings. The van der Waals surface area contributed by atoms with Gasteiger partial charge in [0.1, 0.15) is 5.75 Å². The molecule has 1 rings (SSSR count). The highest BCUT2D eigenvalue weighted by molar-refractivity contribution is 14.0. The normalized spacial score (nSPS) is 11.0. The van der Waals surface area contributed by atoms with Gasteiger partial charge in [-0.15, -0.1) is 24.0 Å². The van der Waals surface area contributed by atoms with Crippen LogP contribution in [0.4, 0.5) is 0 Å². The number of nitrogens with one attached hydrogen (secondary N) is 2. The third-order valence-electron chi connectivity index (χ3n) is 3.17. The van der Waals surface area contributed by atoms with E-state index < -0.39 is 0 Å². The maximum atomic E-state index is 5.16. The lowest BCUT2D eigenvalue weighted by Crippen LogP contribution is -2.37. The SMILES string of the molecule is CCNC(=NCc1ccc(OC)cc1)NCCCC(C)C.I. The lowest BCUT2D eigenvalue weighted by molar-refractivity contribution is 0.414. The zero-order chi connectivity index (χ0) is 15.5. The lowest BCUT2D eigenvalue weighted by Gasteiger charge is -2.12. The Morgan fingerprint density at radius 3 is 2.41 bits per heavy atom. The molecule has 0 aliphatic heterocycles. The number of rotatable bonds is 8. The summed E-state index contributed by atoms with van der Waals surface area (Å²) in [5.41, 5.74) is 1.18. The molecule has 0 saturated heterocycles. The van der Waals surface area contributed by atoms with Gasteiger partial charge < -0.3 is 15.4 Å². The second-order valence-electron chi connectivity index (χ2n) is 5.51. The van der Waals surface area contributed by atoms with Crippen LogP contribution in [-0.4, -0.2) is 26.2 Å². The minimum atomic E-state index is 0. The van der Waals surface area contributed by atoms with Gasteiger partial charge in [-0.25, -0.2) is 4.99 Å². The molecule has 0 heterocycles. The number of ether oxygens (including phenoxy) is 1. The Morgan fingerprint density at radius 1 is 1.18 bits per heavy atom. The van der Waals surface area contributed by atoms with E-state index in [-0.39, 0.29) is 24.0 Å².